The summed E-state index contributed by atoms with van der Waals surface area (Å²) in [4.78, 5) is 14.8. The second kappa shape index (κ2) is 10.2. The molecule has 0 amide bonds. The third kappa shape index (κ3) is 5.98. The molecule has 1 aromatic rings. The van der Waals surface area contributed by atoms with E-state index in [1.54, 1.807) is 6.07 Å². The molecule has 1 aliphatic rings. The van der Waals surface area contributed by atoms with Gasteiger partial charge in [0.15, 0.2) is 5.78 Å². The van der Waals surface area contributed by atoms with Crippen molar-refractivity contribution in [1.29, 1.82) is 0 Å². The summed E-state index contributed by atoms with van der Waals surface area (Å²) in [7, 11) is 0. The molecule has 1 aliphatic heterocycles. The first-order chi connectivity index (χ1) is 10.6. The van der Waals surface area contributed by atoms with Crippen LogP contribution >= 0.6 is 24.0 Å². The molecule has 2 rings (SSSR count). The maximum atomic E-state index is 12.4. The summed E-state index contributed by atoms with van der Waals surface area (Å²) in [5.74, 6) is 0.869. The molecule has 0 aliphatic carbocycles. The van der Waals surface area contributed by atoms with E-state index in [4.69, 9.17) is 16.3 Å². The number of ether oxygens (including phenoxy) is 1. The second-order valence-electron chi connectivity index (χ2n) is 6.03. The minimum absolute atomic E-state index is 0. The minimum Gasteiger partial charge on any atom is -0.492 e. The number of rotatable bonds is 7. The van der Waals surface area contributed by atoms with Crippen molar-refractivity contribution in [3.63, 3.8) is 0 Å². The molecule has 5 heteroatoms. The van der Waals surface area contributed by atoms with Crippen molar-refractivity contribution in [2.24, 2.45) is 0 Å². The van der Waals surface area contributed by atoms with E-state index in [0.29, 0.717) is 29.4 Å². The highest BCUT2D eigenvalue weighted by Crippen LogP contribution is 2.30. The van der Waals surface area contributed by atoms with Crippen LogP contribution in [0.15, 0.2) is 12.1 Å². The van der Waals surface area contributed by atoms with Gasteiger partial charge in [0.2, 0.25) is 0 Å². The first-order valence-electron chi connectivity index (χ1n) is 8.30. The standard InChI is InChI=1S/C18H26ClNO2.ClH/c1-3-11-22-18-14(2)12-15(13-16(18)19)17(21)7-10-20-8-5-4-6-9-20;/h12-13H,3-11H2,1-2H3;1H. The van der Waals surface area contributed by atoms with Gasteiger partial charge in [-0.15, -0.1) is 12.4 Å². The van der Waals surface area contributed by atoms with Gasteiger partial charge in [-0.3, -0.25) is 4.79 Å². The van der Waals surface area contributed by atoms with Gasteiger partial charge in [0.1, 0.15) is 5.75 Å². The third-order valence-electron chi connectivity index (χ3n) is 4.11. The summed E-state index contributed by atoms with van der Waals surface area (Å²) in [5, 5.41) is 0.537. The predicted octanol–water partition coefficient (Wildman–Crippen LogP) is 4.92. The minimum atomic E-state index is 0. The normalized spacial score (nSPS) is 15.1. The Balaban J connectivity index is 0.00000264. The number of carbonyl (C=O) groups excluding carboxylic acids is 1. The number of carbonyl (C=O) groups is 1. The van der Waals surface area contributed by atoms with Crippen molar-refractivity contribution in [3.05, 3.63) is 28.3 Å². The number of nitrogens with zero attached hydrogens (tertiary/aromatic N) is 1. The van der Waals surface area contributed by atoms with Gasteiger partial charge >= 0.3 is 0 Å². The average Bonchev–Trinajstić information content (AvgIpc) is 2.52. The van der Waals surface area contributed by atoms with E-state index in [0.717, 1.165) is 31.6 Å². The van der Waals surface area contributed by atoms with Crippen molar-refractivity contribution in [3.8, 4) is 5.75 Å². The number of halogens is 2. The molecule has 0 unspecified atom stereocenters. The van der Waals surface area contributed by atoms with E-state index < -0.39 is 0 Å². The number of hydrogen-bond acceptors (Lipinski definition) is 3. The lowest BCUT2D eigenvalue weighted by atomic mass is 10.0. The van der Waals surface area contributed by atoms with Crippen molar-refractivity contribution in [2.75, 3.05) is 26.2 Å². The van der Waals surface area contributed by atoms with Crippen LogP contribution < -0.4 is 4.74 Å². The Morgan fingerprint density at radius 1 is 1.26 bits per heavy atom. The molecule has 1 aromatic carbocycles. The van der Waals surface area contributed by atoms with E-state index >= 15 is 0 Å². The van der Waals surface area contributed by atoms with E-state index in [2.05, 4.69) is 11.8 Å². The highest BCUT2D eigenvalue weighted by Gasteiger charge is 2.15. The highest BCUT2D eigenvalue weighted by molar-refractivity contribution is 6.32. The maximum absolute atomic E-state index is 12.4. The summed E-state index contributed by atoms with van der Waals surface area (Å²) in [6.45, 7) is 7.74. The summed E-state index contributed by atoms with van der Waals surface area (Å²) in [6, 6.07) is 3.65. The van der Waals surface area contributed by atoms with Crippen molar-refractivity contribution >= 4 is 29.8 Å². The molecule has 23 heavy (non-hydrogen) atoms. The molecular formula is C18H27Cl2NO2. The van der Waals surface area contributed by atoms with Crippen LogP contribution in [0.4, 0.5) is 0 Å². The zero-order valence-electron chi connectivity index (χ0n) is 14.1. The molecule has 0 N–H and O–H groups in total. The van der Waals surface area contributed by atoms with Gasteiger partial charge in [-0.25, -0.2) is 0 Å². The maximum Gasteiger partial charge on any atom is 0.164 e. The van der Waals surface area contributed by atoms with Gasteiger partial charge < -0.3 is 9.64 Å². The van der Waals surface area contributed by atoms with Gasteiger partial charge in [-0.2, -0.15) is 0 Å². The number of benzene rings is 1. The molecule has 0 atom stereocenters. The number of Topliss-reactive ketones (excluding diaryl/α,β-unsaturated/α-hetero) is 1. The van der Waals surface area contributed by atoms with Gasteiger partial charge in [0.25, 0.3) is 0 Å². The largest absolute Gasteiger partial charge is 0.492 e. The van der Waals surface area contributed by atoms with Crippen LogP contribution in [0.3, 0.4) is 0 Å². The lowest BCUT2D eigenvalue weighted by molar-refractivity contribution is 0.0958. The lowest BCUT2D eigenvalue weighted by Gasteiger charge is -2.26. The Morgan fingerprint density at radius 3 is 2.57 bits per heavy atom. The van der Waals surface area contributed by atoms with Crippen LogP contribution in [0, 0.1) is 6.92 Å². The lowest BCUT2D eigenvalue weighted by Crippen LogP contribution is -2.31. The Morgan fingerprint density at radius 2 is 1.96 bits per heavy atom. The quantitative estimate of drug-likeness (QED) is 0.647. The van der Waals surface area contributed by atoms with Crippen LogP contribution in [0.25, 0.3) is 0 Å². The predicted molar refractivity (Wildman–Crippen MR) is 98.5 cm³/mol. The number of likely N-dealkylation sites (tertiary alicyclic amines) is 1. The molecule has 3 nitrogen and oxygen atoms in total. The van der Waals surface area contributed by atoms with E-state index in [9.17, 15) is 4.79 Å². The molecule has 0 bridgehead atoms. The van der Waals surface area contributed by atoms with E-state index in [1.165, 1.54) is 19.3 Å². The fraction of sp³-hybridized carbons (Fsp3) is 0.611. The molecule has 1 heterocycles. The summed E-state index contributed by atoms with van der Waals surface area (Å²) in [5.41, 5.74) is 1.63. The van der Waals surface area contributed by atoms with Crippen molar-refractivity contribution in [1.82, 2.24) is 4.90 Å². The first kappa shape index (κ1) is 20.3. The number of hydrogen-bond donors (Lipinski definition) is 0. The van der Waals surface area contributed by atoms with Crippen LogP contribution in [0.2, 0.25) is 5.02 Å². The summed E-state index contributed by atoms with van der Waals surface area (Å²) in [6.07, 6.45) is 5.32. The average molecular weight is 360 g/mol. The van der Waals surface area contributed by atoms with Crippen molar-refractivity contribution < 1.29 is 9.53 Å². The third-order valence-corrected chi connectivity index (χ3v) is 4.39. The number of aryl methyl sites for hydroxylation is 1. The fourth-order valence-corrected chi connectivity index (χ4v) is 3.19. The number of piperidine rings is 1. The van der Waals surface area contributed by atoms with Crippen LogP contribution in [0.1, 0.15) is 54.9 Å². The molecule has 130 valence electrons. The highest BCUT2D eigenvalue weighted by atomic mass is 35.5. The molecule has 1 fully saturated rings. The number of ketones is 1. The summed E-state index contributed by atoms with van der Waals surface area (Å²) >= 11 is 6.28. The monoisotopic (exact) mass is 359 g/mol. The molecule has 0 radical (unpaired) electrons. The zero-order chi connectivity index (χ0) is 15.9. The van der Waals surface area contributed by atoms with Crippen molar-refractivity contribution in [2.45, 2.75) is 46.0 Å². The van der Waals surface area contributed by atoms with Crippen LogP contribution in [-0.4, -0.2) is 36.9 Å². The molecule has 0 aromatic heterocycles. The van der Waals surface area contributed by atoms with Crippen LogP contribution in [0.5, 0.6) is 5.75 Å². The Hall–Kier alpha value is -0.770. The SMILES string of the molecule is CCCOc1c(C)cc(C(=O)CCN2CCCCC2)cc1Cl.Cl. The van der Waals surface area contributed by atoms with Gasteiger partial charge in [-0.05, 0) is 57.0 Å². The smallest absolute Gasteiger partial charge is 0.164 e. The zero-order valence-corrected chi connectivity index (χ0v) is 15.6. The Kier molecular flexibility index (Phi) is 8.96. The Labute approximate surface area is 150 Å². The topological polar surface area (TPSA) is 29.5 Å². The van der Waals surface area contributed by atoms with Gasteiger partial charge in [-0.1, -0.05) is 24.9 Å². The Bertz CT molecular complexity index is 491. The van der Waals surface area contributed by atoms with E-state index in [1.807, 2.05) is 13.0 Å². The van der Waals surface area contributed by atoms with Gasteiger partial charge in [0.05, 0.1) is 11.6 Å². The van der Waals surface area contributed by atoms with E-state index in [-0.39, 0.29) is 18.2 Å². The fourth-order valence-electron chi connectivity index (χ4n) is 2.87. The first-order valence-corrected chi connectivity index (χ1v) is 8.68. The summed E-state index contributed by atoms with van der Waals surface area (Å²) < 4.78 is 5.66. The van der Waals surface area contributed by atoms with Gasteiger partial charge in [0, 0.05) is 18.5 Å². The molecule has 0 saturated carbocycles. The molecular weight excluding hydrogens is 333 g/mol. The molecule has 1 saturated heterocycles. The molecule has 0 spiro atoms. The second-order valence-corrected chi connectivity index (χ2v) is 6.44. The van der Waals surface area contributed by atoms with Crippen LogP contribution in [-0.2, 0) is 0 Å².